The highest BCUT2D eigenvalue weighted by molar-refractivity contribution is 9.09. The van der Waals surface area contributed by atoms with Gasteiger partial charge in [-0.1, -0.05) is 22.0 Å². The SMILES string of the molecule is BrCCC1CCCCN1c1ccc2c(n1)CCC2. The number of pyridine rings is 1. The first kappa shape index (κ1) is 12.5. The third-order valence-electron chi connectivity index (χ3n) is 4.28. The van der Waals surface area contributed by atoms with Gasteiger partial charge in [-0.25, -0.2) is 4.98 Å². The molecule has 0 saturated carbocycles. The molecular weight excluding hydrogens is 288 g/mol. The number of rotatable bonds is 3. The first-order valence-corrected chi connectivity index (χ1v) is 8.32. The summed E-state index contributed by atoms with van der Waals surface area (Å²) in [5.41, 5.74) is 2.84. The number of halogens is 1. The Morgan fingerprint density at radius 3 is 3.06 bits per heavy atom. The van der Waals surface area contributed by atoms with Crippen LogP contribution in [0.4, 0.5) is 5.82 Å². The van der Waals surface area contributed by atoms with E-state index in [2.05, 4.69) is 33.0 Å². The smallest absolute Gasteiger partial charge is 0.129 e. The highest BCUT2D eigenvalue weighted by Gasteiger charge is 2.24. The molecule has 98 valence electrons. The molecule has 1 atom stereocenters. The van der Waals surface area contributed by atoms with Crippen molar-refractivity contribution in [2.75, 3.05) is 16.8 Å². The van der Waals surface area contributed by atoms with Crippen LogP contribution < -0.4 is 4.90 Å². The van der Waals surface area contributed by atoms with Crippen molar-refractivity contribution in [3.8, 4) is 0 Å². The van der Waals surface area contributed by atoms with E-state index in [-0.39, 0.29) is 0 Å². The molecule has 1 aliphatic heterocycles. The number of aryl methyl sites for hydroxylation is 2. The fourth-order valence-corrected chi connectivity index (χ4v) is 3.83. The van der Waals surface area contributed by atoms with E-state index in [4.69, 9.17) is 4.98 Å². The van der Waals surface area contributed by atoms with Crippen LogP contribution in [-0.2, 0) is 12.8 Å². The first-order chi connectivity index (χ1) is 8.88. The van der Waals surface area contributed by atoms with Gasteiger partial charge >= 0.3 is 0 Å². The summed E-state index contributed by atoms with van der Waals surface area (Å²) < 4.78 is 0. The van der Waals surface area contributed by atoms with Crippen molar-refractivity contribution in [1.29, 1.82) is 0 Å². The van der Waals surface area contributed by atoms with Crippen molar-refractivity contribution in [2.45, 2.75) is 51.0 Å². The van der Waals surface area contributed by atoms with Gasteiger partial charge in [0.15, 0.2) is 0 Å². The summed E-state index contributed by atoms with van der Waals surface area (Å²) in [4.78, 5) is 7.47. The normalized spacial score (nSPS) is 23.2. The second-order valence-electron chi connectivity index (χ2n) is 5.45. The lowest BCUT2D eigenvalue weighted by Gasteiger charge is -2.36. The van der Waals surface area contributed by atoms with Crippen molar-refractivity contribution in [2.24, 2.45) is 0 Å². The summed E-state index contributed by atoms with van der Waals surface area (Å²) in [5, 5.41) is 1.10. The van der Waals surface area contributed by atoms with Gasteiger partial charge in [0.05, 0.1) is 0 Å². The van der Waals surface area contributed by atoms with E-state index < -0.39 is 0 Å². The number of aromatic nitrogens is 1. The Morgan fingerprint density at radius 1 is 1.22 bits per heavy atom. The Labute approximate surface area is 118 Å². The highest BCUT2D eigenvalue weighted by Crippen LogP contribution is 2.28. The quantitative estimate of drug-likeness (QED) is 0.791. The maximum Gasteiger partial charge on any atom is 0.129 e. The fraction of sp³-hybridized carbons (Fsp3) is 0.667. The molecule has 2 heterocycles. The molecule has 0 radical (unpaired) electrons. The molecule has 3 heteroatoms. The predicted octanol–water partition coefficient (Wildman–Crippen LogP) is 3.71. The van der Waals surface area contributed by atoms with Gasteiger partial charge in [0, 0.05) is 23.6 Å². The topological polar surface area (TPSA) is 16.1 Å². The minimum absolute atomic E-state index is 0.685. The molecule has 2 nitrogen and oxygen atoms in total. The zero-order chi connectivity index (χ0) is 12.4. The minimum Gasteiger partial charge on any atom is -0.354 e. The van der Waals surface area contributed by atoms with E-state index in [1.807, 2.05) is 0 Å². The van der Waals surface area contributed by atoms with Crippen LogP contribution in [0.3, 0.4) is 0 Å². The van der Waals surface area contributed by atoms with Crippen molar-refractivity contribution in [3.05, 3.63) is 23.4 Å². The van der Waals surface area contributed by atoms with E-state index in [1.54, 1.807) is 0 Å². The van der Waals surface area contributed by atoms with E-state index in [0.717, 1.165) is 5.33 Å². The summed E-state index contributed by atoms with van der Waals surface area (Å²) in [6.45, 7) is 1.18. The van der Waals surface area contributed by atoms with E-state index in [9.17, 15) is 0 Å². The highest BCUT2D eigenvalue weighted by atomic mass is 79.9. The van der Waals surface area contributed by atoms with Crippen LogP contribution in [0.2, 0.25) is 0 Å². The summed E-state index contributed by atoms with van der Waals surface area (Å²) in [5.74, 6) is 1.22. The Bertz CT molecular complexity index is 417. The molecule has 1 aliphatic carbocycles. The van der Waals surface area contributed by atoms with Gasteiger partial charge in [0.25, 0.3) is 0 Å². The molecule has 3 rings (SSSR count). The molecule has 0 amide bonds. The van der Waals surface area contributed by atoms with Crippen molar-refractivity contribution in [3.63, 3.8) is 0 Å². The Balaban J connectivity index is 1.83. The predicted molar refractivity (Wildman–Crippen MR) is 79.7 cm³/mol. The molecule has 1 aromatic rings. The van der Waals surface area contributed by atoms with Crippen LogP contribution in [-0.4, -0.2) is 22.9 Å². The number of alkyl halides is 1. The summed E-state index contributed by atoms with van der Waals surface area (Å²) in [6, 6.07) is 5.24. The lowest BCUT2D eigenvalue weighted by molar-refractivity contribution is 0.449. The molecule has 1 fully saturated rings. The molecular formula is C15H21BrN2. The van der Waals surface area contributed by atoms with Gasteiger partial charge in [-0.15, -0.1) is 0 Å². The van der Waals surface area contributed by atoms with Gasteiger partial charge in [0.1, 0.15) is 5.82 Å². The van der Waals surface area contributed by atoms with Crippen molar-refractivity contribution in [1.82, 2.24) is 4.98 Å². The van der Waals surface area contributed by atoms with Gasteiger partial charge in [-0.3, -0.25) is 0 Å². The summed E-state index contributed by atoms with van der Waals surface area (Å²) >= 11 is 3.59. The largest absolute Gasteiger partial charge is 0.354 e. The Kier molecular flexibility index (Phi) is 3.88. The van der Waals surface area contributed by atoms with Crippen LogP contribution in [0.25, 0.3) is 0 Å². The van der Waals surface area contributed by atoms with Crippen LogP contribution in [0, 0.1) is 0 Å². The molecule has 1 aromatic heterocycles. The molecule has 0 bridgehead atoms. The lowest BCUT2D eigenvalue weighted by Crippen LogP contribution is -2.40. The summed E-state index contributed by atoms with van der Waals surface area (Å²) in [7, 11) is 0. The zero-order valence-electron chi connectivity index (χ0n) is 10.9. The lowest BCUT2D eigenvalue weighted by atomic mass is 10.00. The molecule has 0 spiro atoms. The number of piperidine rings is 1. The Hall–Kier alpha value is -0.570. The Morgan fingerprint density at radius 2 is 2.17 bits per heavy atom. The van der Waals surface area contributed by atoms with Crippen LogP contribution in [0.15, 0.2) is 12.1 Å². The number of hydrogen-bond acceptors (Lipinski definition) is 2. The van der Waals surface area contributed by atoms with Gasteiger partial charge in [-0.05, 0) is 56.6 Å². The van der Waals surface area contributed by atoms with Crippen LogP contribution >= 0.6 is 15.9 Å². The number of nitrogens with zero attached hydrogens (tertiary/aromatic N) is 2. The van der Waals surface area contributed by atoms with E-state index >= 15 is 0 Å². The van der Waals surface area contributed by atoms with Gasteiger partial charge in [0.2, 0.25) is 0 Å². The average Bonchev–Trinajstić information content (AvgIpc) is 2.87. The number of fused-ring (bicyclic) bond motifs is 1. The third-order valence-corrected chi connectivity index (χ3v) is 4.74. The first-order valence-electron chi connectivity index (χ1n) is 7.20. The number of anilines is 1. The minimum atomic E-state index is 0.685. The molecule has 1 saturated heterocycles. The molecule has 1 unspecified atom stereocenters. The molecule has 0 aromatic carbocycles. The zero-order valence-corrected chi connectivity index (χ0v) is 12.5. The monoisotopic (exact) mass is 308 g/mol. The van der Waals surface area contributed by atoms with Crippen molar-refractivity contribution >= 4 is 21.7 Å². The van der Waals surface area contributed by atoms with E-state index in [1.165, 1.54) is 68.6 Å². The second-order valence-corrected chi connectivity index (χ2v) is 6.24. The number of hydrogen-bond donors (Lipinski definition) is 0. The maximum absolute atomic E-state index is 4.92. The van der Waals surface area contributed by atoms with Crippen LogP contribution in [0.5, 0.6) is 0 Å². The fourth-order valence-electron chi connectivity index (χ4n) is 3.30. The third kappa shape index (κ3) is 2.42. The maximum atomic E-state index is 4.92. The molecule has 0 N–H and O–H groups in total. The van der Waals surface area contributed by atoms with Gasteiger partial charge < -0.3 is 4.90 Å². The van der Waals surface area contributed by atoms with Gasteiger partial charge in [-0.2, -0.15) is 0 Å². The van der Waals surface area contributed by atoms with E-state index in [0.29, 0.717) is 6.04 Å². The average molecular weight is 309 g/mol. The molecule has 2 aliphatic rings. The van der Waals surface area contributed by atoms with Crippen LogP contribution in [0.1, 0.15) is 43.4 Å². The van der Waals surface area contributed by atoms with Crippen molar-refractivity contribution < 1.29 is 0 Å². The standard InChI is InChI=1S/C15H21BrN2/c16-10-9-13-5-1-2-11-18(13)15-8-7-12-4-3-6-14(12)17-15/h7-8,13H,1-6,9-11H2. The summed E-state index contributed by atoms with van der Waals surface area (Å²) in [6.07, 6.45) is 8.95. The molecule has 18 heavy (non-hydrogen) atoms. The second kappa shape index (κ2) is 5.60.